The summed E-state index contributed by atoms with van der Waals surface area (Å²) in [4.78, 5) is 26.3. The molecule has 0 aliphatic heterocycles. The first-order valence-corrected chi connectivity index (χ1v) is 6.64. The van der Waals surface area contributed by atoms with Gasteiger partial charge in [-0.05, 0) is 46.3 Å². The predicted octanol–water partition coefficient (Wildman–Crippen LogP) is 3.04. The van der Waals surface area contributed by atoms with E-state index in [1.54, 1.807) is 36.5 Å². The predicted molar refractivity (Wildman–Crippen MR) is 76.6 cm³/mol. The lowest BCUT2D eigenvalue weighted by Gasteiger charge is -2.03. The van der Waals surface area contributed by atoms with Crippen LogP contribution in [-0.4, -0.2) is 23.2 Å². The number of nitrogens with one attached hydrogen (secondary N) is 2. The molecular formula is C13H10BrClN2O2. The van der Waals surface area contributed by atoms with Gasteiger partial charge in [-0.15, -0.1) is 0 Å². The highest BCUT2D eigenvalue weighted by Gasteiger charge is 2.11. The van der Waals surface area contributed by atoms with E-state index in [9.17, 15) is 9.59 Å². The van der Waals surface area contributed by atoms with Gasteiger partial charge in [-0.2, -0.15) is 0 Å². The minimum Gasteiger partial charge on any atom is -0.356 e. The van der Waals surface area contributed by atoms with Crippen molar-refractivity contribution in [3.8, 4) is 0 Å². The van der Waals surface area contributed by atoms with Crippen molar-refractivity contribution in [1.82, 2.24) is 10.3 Å². The van der Waals surface area contributed by atoms with Crippen molar-refractivity contribution < 1.29 is 9.59 Å². The molecule has 1 aromatic carbocycles. The Morgan fingerprint density at radius 2 is 1.95 bits per heavy atom. The van der Waals surface area contributed by atoms with Gasteiger partial charge in [0.05, 0.1) is 6.54 Å². The highest BCUT2D eigenvalue weighted by Crippen LogP contribution is 2.11. The minimum absolute atomic E-state index is 0.0584. The number of carbonyl (C=O) groups excluding carboxylic acids is 2. The average Bonchev–Trinajstić information content (AvgIpc) is 2.83. The Balaban J connectivity index is 1.93. The van der Waals surface area contributed by atoms with Gasteiger partial charge in [0.25, 0.3) is 5.91 Å². The lowest BCUT2D eigenvalue weighted by atomic mass is 10.1. The quantitative estimate of drug-likeness (QED) is 0.840. The van der Waals surface area contributed by atoms with Crippen molar-refractivity contribution in [2.45, 2.75) is 0 Å². The second-order valence-corrected chi connectivity index (χ2v) is 5.20. The number of rotatable bonds is 4. The number of benzene rings is 1. The molecule has 0 saturated carbocycles. The molecule has 2 aromatic rings. The summed E-state index contributed by atoms with van der Waals surface area (Å²) in [5.41, 5.74) is 0.910. The van der Waals surface area contributed by atoms with Crippen molar-refractivity contribution in [3.63, 3.8) is 0 Å². The van der Waals surface area contributed by atoms with Crippen LogP contribution >= 0.6 is 27.5 Å². The Hall–Kier alpha value is -1.59. The molecule has 0 spiro atoms. The monoisotopic (exact) mass is 340 g/mol. The van der Waals surface area contributed by atoms with Gasteiger partial charge in [-0.25, -0.2) is 0 Å². The van der Waals surface area contributed by atoms with E-state index in [-0.39, 0.29) is 18.2 Å². The first-order chi connectivity index (χ1) is 9.06. The van der Waals surface area contributed by atoms with E-state index < -0.39 is 0 Å². The van der Waals surface area contributed by atoms with Crippen LogP contribution in [0.5, 0.6) is 0 Å². The van der Waals surface area contributed by atoms with Crippen molar-refractivity contribution in [2.24, 2.45) is 0 Å². The number of carbonyl (C=O) groups is 2. The number of aromatic amines is 1. The summed E-state index contributed by atoms with van der Waals surface area (Å²) in [6, 6.07) is 8.17. The Morgan fingerprint density at radius 1 is 1.26 bits per heavy atom. The maximum absolute atomic E-state index is 11.8. The fraction of sp³-hybridized carbons (Fsp3) is 0.0769. The van der Waals surface area contributed by atoms with Crippen LogP contribution in [0, 0.1) is 0 Å². The van der Waals surface area contributed by atoms with Crippen LogP contribution in [0.15, 0.2) is 41.0 Å². The van der Waals surface area contributed by atoms with Crippen molar-refractivity contribution in [3.05, 3.63) is 57.3 Å². The largest absolute Gasteiger partial charge is 0.356 e. The summed E-state index contributed by atoms with van der Waals surface area (Å²) in [6.45, 7) is -0.0584. The molecule has 4 nitrogen and oxygen atoms in total. The molecule has 1 aromatic heterocycles. The number of H-pyrrole nitrogens is 1. The van der Waals surface area contributed by atoms with E-state index in [0.29, 0.717) is 16.3 Å². The third kappa shape index (κ3) is 3.68. The molecule has 0 aliphatic carbocycles. The van der Waals surface area contributed by atoms with Crippen molar-refractivity contribution in [1.29, 1.82) is 0 Å². The SMILES string of the molecule is O=C(CNC(=O)c1cc(Br)c[nH]1)c1ccc(Cl)cc1. The molecule has 0 atom stereocenters. The molecule has 98 valence electrons. The first-order valence-electron chi connectivity index (χ1n) is 5.47. The molecule has 1 heterocycles. The molecule has 0 bridgehead atoms. The Morgan fingerprint density at radius 3 is 2.53 bits per heavy atom. The number of Topliss-reactive ketones (excluding diaryl/α,β-unsaturated/α-hetero) is 1. The number of hydrogen-bond acceptors (Lipinski definition) is 2. The van der Waals surface area contributed by atoms with E-state index in [4.69, 9.17) is 11.6 Å². The Kier molecular flexibility index (Phi) is 4.39. The molecular weight excluding hydrogens is 332 g/mol. The molecule has 6 heteroatoms. The number of halogens is 2. The molecule has 0 aliphatic rings. The fourth-order valence-electron chi connectivity index (χ4n) is 1.49. The number of ketones is 1. The van der Waals surface area contributed by atoms with Crippen LogP contribution in [0.25, 0.3) is 0 Å². The number of hydrogen-bond donors (Lipinski definition) is 2. The molecule has 19 heavy (non-hydrogen) atoms. The van der Waals surface area contributed by atoms with Gasteiger partial charge in [0.1, 0.15) is 5.69 Å². The average molecular weight is 342 g/mol. The van der Waals surface area contributed by atoms with E-state index in [2.05, 4.69) is 26.2 Å². The smallest absolute Gasteiger partial charge is 0.268 e. The molecule has 2 N–H and O–H groups in total. The molecule has 0 radical (unpaired) electrons. The van der Waals surface area contributed by atoms with Crippen molar-refractivity contribution in [2.75, 3.05) is 6.54 Å². The summed E-state index contributed by atoms with van der Waals surface area (Å²) in [7, 11) is 0. The van der Waals surface area contributed by atoms with Gasteiger partial charge in [0.15, 0.2) is 5.78 Å². The zero-order valence-electron chi connectivity index (χ0n) is 9.74. The highest BCUT2D eigenvalue weighted by molar-refractivity contribution is 9.10. The second-order valence-electron chi connectivity index (χ2n) is 3.84. The lowest BCUT2D eigenvalue weighted by Crippen LogP contribution is -2.29. The van der Waals surface area contributed by atoms with Gasteiger partial charge >= 0.3 is 0 Å². The van der Waals surface area contributed by atoms with Gasteiger partial charge < -0.3 is 10.3 Å². The van der Waals surface area contributed by atoms with Gasteiger partial charge in [-0.3, -0.25) is 9.59 Å². The highest BCUT2D eigenvalue weighted by atomic mass is 79.9. The summed E-state index contributed by atoms with van der Waals surface area (Å²) in [5.74, 6) is -0.497. The van der Waals surface area contributed by atoms with Gasteiger partial charge in [0, 0.05) is 21.3 Å². The van der Waals surface area contributed by atoms with Crippen LogP contribution in [0.1, 0.15) is 20.8 Å². The summed E-state index contributed by atoms with van der Waals surface area (Å²) >= 11 is 8.97. The third-order valence-corrected chi connectivity index (χ3v) is 3.18. The Labute approximate surface area is 123 Å². The zero-order chi connectivity index (χ0) is 13.8. The summed E-state index contributed by atoms with van der Waals surface area (Å²) < 4.78 is 0.779. The van der Waals surface area contributed by atoms with Crippen molar-refractivity contribution >= 4 is 39.2 Å². The van der Waals surface area contributed by atoms with Crippen LogP contribution in [0.2, 0.25) is 5.02 Å². The zero-order valence-corrected chi connectivity index (χ0v) is 12.1. The van der Waals surface area contributed by atoms with Crippen LogP contribution in [0.3, 0.4) is 0 Å². The minimum atomic E-state index is -0.326. The maximum Gasteiger partial charge on any atom is 0.268 e. The molecule has 0 unspecified atom stereocenters. The standard InChI is InChI=1S/C13H10BrClN2O2/c14-9-5-11(16-6-9)13(19)17-7-12(18)8-1-3-10(15)4-2-8/h1-6,16H,7H2,(H,17,19). The number of amides is 1. The lowest BCUT2D eigenvalue weighted by molar-refractivity contribution is 0.0901. The topological polar surface area (TPSA) is 62.0 Å². The first kappa shape index (κ1) is 13.8. The molecule has 0 fully saturated rings. The van der Waals surface area contributed by atoms with E-state index in [0.717, 1.165) is 4.47 Å². The van der Waals surface area contributed by atoms with Crippen LogP contribution < -0.4 is 5.32 Å². The van der Waals surface area contributed by atoms with E-state index >= 15 is 0 Å². The third-order valence-electron chi connectivity index (χ3n) is 2.47. The molecule has 1 amide bonds. The fourth-order valence-corrected chi connectivity index (χ4v) is 1.96. The van der Waals surface area contributed by atoms with Crippen LogP contribution in [-0.2, 0) is 0 Å². The summed E-state index contributed by atoms with van der Waals surface area (Å²) in [6.07, 6.45) is 1.65. The maximum atomic E-state index is 11.8. The molecule has 0 saturated heterocycles. The normalized spacial score (nSPS) is 10.2. The van der Waals surface area contributed by atoms with Gasteiger partial charge in [-0.1, -0.05) is 11.6 Å². The second kappa shape index (κ2) is 6.04. The number of aromatic nitrogens is 1. The van der Waals surface area contributed by atoms with Crippen LogP contribution in [0.4, 0.5) is 0 Å². The molecule has 2 rings (SSSR count). The Bertz CT molecular complexity index is 607. The van der Waals surface area contributed by atoms with E-state index in [1.165, 1.54) is 0 Å². The summed E-state index contributed by atoms with van der Waals surface area (Å²) in [5, 5.41) is 3.12. The van der Waals surface area contributed by atoms with Gasteiger partial charge in [0.2, 0.25) is 0 Å². The van der Waals surface area contributed by atoms with E-state index in [1.807, 2.05) is 0 Å².